The fourth-order valence-electron chi connectivity index (χ4n) is 2.04. The Kier molecular flexibility index (Phi) is 6.36. The van der Waals surface area contributed by atoms with Gasteiger partial charge in [-0.25, -0.2) is 8.42 Å². The molecule has 0 N–H and O–H groups in total. The topological polar surface area (TPSA) is 57.7 Å². The number of rotatable bonds is 7. The van der Waals surface area contributed by atoms with Gasteiger partial charge in [0.15, 0.2) is 0 Å². The van der Waals surface area contributed by atoms with E-state index in [1.54, 1.807) is 11.0 Å². The molecule has 0 saturated carbocycles. The van der Waals surface area contributed by atoms with Crippen molar-refractivity contribution >= 4 is 15.9 Å². The van der Waals surface area contributed by atoms with Crippen molar-refractivity contribution in [1.82, 2.24) is 9.21 Å². The van der Waals surface area contributed by atoms with Crippen molar-refractivity contribution in [3.05, 3.63) is 35.4 Å². The zero-order valence-corrected chi connectivity index (χ0v) is 14.0. The molecule has 0 unspecified atom stereocenters. The summed E-state index contributed by atoms with van der Waals surface area (Å²) in [7, 11) is -2.04. The van der Waals surface area contributed by atoms with Crippen molar-refractivity contribution < 1.29 is 13.2 Å². The highest BCUT2D eigenvalue weighted by Gasteiger charge is 2.23. The van der Waals surface area contributed by atoms with Gasteiger partial charge in [0.2, 0.25) is 15.9 Å². The molecule has 0 atom stereocenters. The van der Waals surface area contributed by atoms with Crippen LogP contribution in [0.3, 0.4) is 0 Å². The third kappa shape index (κ3) is 4.82. The summed E-state index contributed by atoms with van der Waals surface area (Å²) in [5.41, 5.74) is 1.70. The number of amides is 1. The second kappa shape index (κ2) is 7.56. The molecular weight excluding hydrogens is 288 g/mol. The first-order chi connectivity index (χ1) is 9.81. The van der Waals surface area contributed by atoms with E-state index in [-0.39, 0.29) is 18.2 Å². The zero-order chi connectivity index (χ0) is 16.0. The van der Waals surface area contributed by atoms with E-state index in [1.807, 2.05) is 39.0 Å². The maximum atomic E-state index is 12.3. The van der Waals surface area contributed by atoms with Crippen LogP contribution in [0.25, 0.3) is 0 Å². The normalized spacial score (nSPS) is 11.7. The SMILES string of the molecule is CCN(CC)C(=O)CN(C)S(=O)(=O)Cc1ccccc1C. The molecule has 0 aliphatic rings. The predicted molar refractivity (Wildman–Crippen MR) is 84.4 cm³/mol. The molecular formula is C15H24N2O3S. The van der Waals surface area contributed by atoms with Crippen LogP contribution >= 0.6 is 0 Å². The molecule has 0 heterocycles. The lowest BCUT2D eigenvalue weighted by molar-refractivity contribution is -0.130. The number of hydrogen-bond acceptors (Lipinski definition) is 3. The van der Waals surface area contributed by atoms with Crippen LogP contribution in [-0.4, -0.2) is 50.2 Å². The first-order valence-corrected chi connectivity index (χ1v) is 8.69. The highest BCUT2D eigenvalue weighted by Crippen LogP contribution is 2.13. The summed E-state index contributed by atoms with van der Waals surface area (Å²) in [5.74, 6) is -0.252. The number of aryl methyl sites for hydroxylation is 1. The molecule has 21 heavy (non-hydrogen) atoms. The Morgan fingerprint density at radius 1 is 1.14 bits per heavy atom. The molecule has 0 aliphatic carbocycles. The smallest absolute Gasteiger partial charge is 0.237 e. The predicted octanol–water partition coefficient (Wildman–Crippen LogP) is 1.63. The largest absolute Gasteiger partial charge is 0.342 e. The first-order valence-electron chi connectivity index (χ1n) is 7.08. The third-order valence-corrected chi connectivity index (χ3v) is 5.30. The van der Waals surface area contributed by atoms with Gasteiger partial charge in [-0.2, -0.15) is 4.31 Å². The van der Waals surface area contributed by atoms with Gasteiger partial charge in [0.05, 0.1) is 12.3 Å². The van der Waals surface area contributed by atoms with Gasteiger partial charge in [0, 0.05) is 20.1 Å². The monoisotopic (exact) mass is 312 g/mol. The minimum Gasteiger partial charge on any atom is -0.342 e. The average Bonchev–Trinajstić information content (AvgIpc) is 2.42. The Bertz CT molecular complexity index is 580. The maximum absolute atomic E-state index is 12.3. The Balaban J connectivity index is 2.79. The van der Waals surface area contributed by atoms with E-state index in [1.165, 1.54) is 7.05 Å². The summed E-state index contributed by atoms with van der Waals surface area (Å²) >= 11 is 0. The molecule has 6 heteroatoms. The lowest BCUT2D eigenvalue weighted by Gasteiger charge is -2.23. The quantitative estimate of drug-likeness (QED) is 0.769. The van der Waals surface area contributed by atoms with Crippen LogP contribution in [0.4, 0.5) is 0 Å². The Morgan fingerprint density at radius 3 is 2.24 bits per heavy atom. The summed E-state index contributed by atoms with van der Waals surface area (Å²) in [5, 5.41) is 0. The van der Waals surface area contributed by atoms with Crippen LogP contribution in [0, 0.1) is 6.92 Å². The maximum Gasteiger partial charge on any atom is 0.237 e. The number of carbonyl (C=O) groups is 1. The third-order valence-electron chi connectivity index (χ3n) is 3.55. The molecule has 5 nitrogen and oxygen atoms in total. The number of hydrogen-bond donors (Lipinski definition) is 0. The van der Waals surface area contributed by atoms with Crippen LogP contribution in [0.2, 0.25) is 0 Å². The minimum atomic E-state index is -3.50. The highest BCUT2D eigenvalue weighted by atomic mass is 32.2. The van der Waals surface area contributed by atoms with Crippen molar-refractivity contribution in [2.75, 3.05) is 26.7 Å². The van der Waals surface area contributed by atoms with Crippen molar-refractivity contribution in [3.8, 4) is 0 Å². The fourth-order valence-corrected chi connectivity index (χ4v) is 3.29. The zero-order valence-electron chi connectivity index (χ0n) is 13.2. The number of benzene rings is 1. The Morgan fingerprint density at radius 2 is 1.71 bits per heavy atom. The van der Waals surface area contributed by atoms with Crippen molar-refractivity contribution in [1.29, 1.82) is 0 Å². The van der Waals surface area contributed by atoms with Crippen LogP contribution in [0.5, 0.6) is 0 Å². The van der Waals surface area contributed by atoms with E-state index in [0.29, 0.717) is 13.1 Å². The summed E-state index contributed by atoms with van der Waals surface area (Å²) in [4.78, 5) is 13.6. The molecule has 0 fully saturated rings. The molecule has 0 bridgehead atoms. The molecule has 1 aromatic rings. The van der Waals surface area contributed by atoms with Crippen LogP contribution in [0.15, 0.2) is 24.3 Å². The Labute approximate surface area is 127 Å². The molecule has 0 aromatic heterocycles. The summed E-state index contributed by atoms with van der Waals surface area (Å²) in [6.45, 7) is 6.69. The summed E-state index contributed by atoms with van der Waals surface area (Å²) < 4.78 is 25.8. The van der Waals surface area contributed by atoms with Crippen LogP contribution in [0.1, 0.15) is 25.0 Å². The number of sulfonamides is 1. The highest BCUT2D eigenvalue weighted by molar-refractivity contribution is 7.88. The van der Waals surface area contributed by atoms with Gasteiger partial charge >= 0.3 is 0 Å². The molecule has 0 saturated heterocycles. The minimum absolute atomic E-state index is 0.0816. The lowest BCUT2D eigenvalue weighted by Crippen LogP contribution is -2.41. The number of nitrogens with zero attached hydrogens (tertiary/aromatic N) is 2. The van der Waals surface area contributed by atoms with Crippen molar-refractivity contribution in [2.24, 2.45) is 0 Å². The standard InChI is InChI=1S/C15H24N2O3S/c1-5-17(6-2)15(18)11-16(4)21(19,20)12-14-10-8-7-9-13(14)3/h7-10H,5-6,11-12H2,1-4H3. The van der Waals surface area contributed by atoms with Gasteiger partial charge in [-0.3, -0.25) is 4.79 Å². The van der Waals surface area contributed by atoms with Crippen molar-refractivity contribution in [3.63, 3.8) is 0 Å². The van der Waals surface area contributed by atoms with E-state index in [9.17, 15) is 13.2 Å². The van der Waals surface area contributed by atoms with Crippen LogP contribution in [-0.2, 0) is 20.6 Å². The first kappa shape index (κ1) is 17.7. The van der Waals surface area contributed by atoms with E-state index in [2.05, 4.69) is 0 Å². The lowest BCUT2D eigenvalue weighted by atomic mass is 10.1. The van der Waals surface area contributed by atoms with Gasteiger partial charge in [0.1, 0.15) is 0 Å². The molecule has 0 radical (unpaired) electrons. The number of likely N-dealkylation sites (N-methyl/N-ethyl adjacent to an activating group) is 2. The van der Waals surface area contributed by atoms with Crippen LogP contribution < -0.4 is 0 Å². The molecule has 1 aromatic carbocycles. The van der Waals surface area contributed by atoms with Gasteiger partial charge in [-0.15, -0.1) is 0 Å². The summed E-state index contributed by atoms with van der Waals surface area (Å²) in [6.07, 6.45) is 0. The van der Waals surface area contributed by atoms with E-state index in [0.717, 1.165) is 15.4 Å². The Hall–Kier alpha value is -1.40. The number of carbonyl (C=O) groups excluding carboxylic acids is 1. The van der Waals surface area contributed by atoms with Gasteiger partial charge in [0.25, 0.3) is 0 Å². The van der Waals surface area contributed by atoms with Crippen molar-refractivity contribution in [2.45, 2.75) is 26.5 Å². The second-order valence-corrected chi connectivity index (χ2v) is 7.08. The van der Waals surface area contributed by atoms with Gasteiger partial charge < -0.3 is 4.90 Å². The molecule has 118 valence electrons. The fraction of sp³-hybridized carbons (Fsp3) is 0.533. The van der Waals surface area contributed by atoms with E-state index in [4.69, 9.17) is 0 Å². The molecule has 0 aliphatic heterocycles. The summed E-state index contributed by atoms with van der Waals surface area (Å²) in [6, 6.07) is 7.37. The molecule has 1 amide bonds. The van der Waals surface area contributed by atoms with Gasteiger partial charge in [-0.1, -0.05) is 24.3 Å². The average molecular weight is 312 g/mol. The van der Waals surface area contributed by atoms with E-state index < -0.39 is 10.0 Å². The van der Waals surface area contributed by atoms with Gasteiger partial charge in [-0.05, 0) is 31.9 Å². The second-order valence-electron chi connectivity index (χ2n) is 5.00. The molecule has 0 spiro atoms. The van der Waals surface area contributed by atoms with E-state index >= 15 is 0 Å². The molecule has 1 rings (SSSR count).